The summed E-state index contributed by atoms with van der Waals surface area (Å²) in [4.78, 5) is 12.0. The normalized spacial score (nSPS) is 12.1. The Morgan fingerprint density at radius 1 is 1.21 bits per heavy atom. The Kier molecular flexibility index (Phi) is 5.41. The monoisotopic (exact) mass is 367 g/mol. The molecule has 2 aromatic rings. The molecule has 0 aliphatic carbocycles. The van der Waals surface area contributed by atoms with Crippen molar-refractivity contribution in [2.45, 2.75) is 11.8 Å². The van der Waals surface area contributed by atoms with Gasteiger partial charge in [0.2, 0.25) is 5.91 Å². The predicted octanol–water partition coefficient (Wildman–Crippen LogP) is 3.92. The highest BCUT2D eigenvalue weighted by molar-refractivity contribution is 7.90. The number of amides is 1. The average molecular weight is 368 g/mol. The number of allylic oxidation sites excluding steroid dienone is 1. The number of halogens is 2. The maximum Gasteiger partial charge on any atom is 0.248 e. The number of carbonyl (C=O) groups is 1. The lowest BCUT2D eigenvalue weighted by molar-refractivity contribution is -0.111. The molecule has 7 heteroatoms. The maximum atomic E-state index is 13.8. The number of anilines is 1. The molecule has 0 aromatic heterocycles. The van der Waals surface area contributed by atoms with E-state index in [1.54, 1.807) is 31.2 Å². The zero-order valence-corrected chi connectivity index (χ0v) is 14.6. The molecule has 24 heavy (non-hydrogen) atoms. The Labute approximate surface area is 144 Å². The Morgan fingerprint density at radius 3 is 2.50 bits per heavy atom. The van der Waals surface area contributed by atoms with Gasteiger partial charge in [-0.1, -0.05) is 29.8 Å². The standard InChI is InChI=1S/C17H15ClFNO3S/c1-11(13-5-3-4-6-14(13)18)9-17(21)20-16-10-12(24(2,22)23)7-8-15(16)19/h3-10H,1-2H3,(H,20,21)/b11-9-. The number of carbonyl (C=O) groups excluding carboxylic acids is 1. The average Bonchev–Trinajstić information content (AvgIpc) is 2.48. The van der Waals surface area contributed by atoms with Gasteiger partial charge < -0.3 is 5.32 Å². The molecule has 0 atom stereocenters. The highest BCUT2D eigenvalue weighted by Gasteiger charge is 2.13. The Morgan fingerprint density at radius 2 is 1.88 bits per heavy atom. The van der Waals surface area contributed by atoms with E-state index in [9.17, 15) is 17.6 Å². The lowest BCUT2D eigenvalue weighted by atomic mass is 10.1. The van der Waals surface area contributed by atoms with Crippen molar-refractivity contribution < 1.29 is 17.6 Å². The first kappa shape index (κ1) is 18.2. The zero-order chi connectivity index (χ0) is 17.9. The van der Waals surface area contributed by atoms with Crippen LogP contribution in [-0.4, -0.2) is 20.6 Å². The molecule has 0 aliphatic heterocycles. The summed E-state index contributed by atoms with van der Waals surface area (Å²) in [5.41, 5.74) is 1.07. The van der Waals surface area contributed by atoms with E-state index in [1.165, 1.54) is 6.08 Å². The molecular formula is C17H15ClFNO3S. The van der Waals surface area contributed by atoms with E-state index in [4.69, 9.17) is 11.6 Å². The molecule has 0 saturated carbocycles. The Balaban J connectivity index is 2.27. The second-order valence-corrected chi connectivity index (χ2v) is 7.63. The first-order valence-corrected chi connectivity index (χ1v) is 9.19. The summed E-state index contributed by atoms with van der Waals surface area (Å²) in [6.07, 6.45) is 2.28. The molecule has 0 bridgehead atoms. The van der Waals surface area contributed by atoms with Crippen molar-refractivity contribution >= 4 is 38.6 Å². The second kappa shape index (κ2) is 7.15. The third-order valence-corrected chi connectivity index (χ3v) is 4.71. The number of benzene rings is 2. The minimum atomic E-state index is -3.50. The lowest BCUT2D eigenvalue weighted by Gasteiger charge is -2.08. The summed E-state index contributed by atoms with van der Waals surface area (Å²) in [5.74, 6) is -1.31. The first-order valence-electron chi connectivity index (χ1n) is 6.92. The largest absolute Gasteiger partial charge is 0.320 e. The topological polar surface area (TPSA) is 63.2 Å². The van der Waals surface area contributed by atoms with Gasteiger partial charge in [0.1, 0.15) is 5.82 Å². The molecule has 0 spiro atoms. The van der Waals surface area contributed by atoms with Crippen molar-refractivity contribution in [2.75, 3.05) is 11.6 Å². The summed E-state index contributed by atoms with van der Waals surface area (Å²) in [7, 11) is -3.50. The van der Waals surface area contributed by atoms with Gasteiger partial charge >= 0.3 is 0 Å². The zero-order valence-electron chi connectivity index (χ0n) is 13.0. The van der Waals surface area contributed by atoms with Crippen molar-refractivity contribution in [3.63, 3.8) is 0 Å². The maximum absolute atomic E-state index is 13.8. The fourth-order valence-electron chi connectivity index (χ4n) is 2.06. The van der Waals surface area contributed by atoms with Crippen LogP contribution in [0, 0.1) is 5.82 Å². The summed E-state index contributed by atoms with van der Waals surface area (Å²) in [6.45, 7) is 1.70. The van der Waals surface area contributed by atoms with Crippen LogP contribution in [-0.2, 0) is 14.6 Å². The molecule has 0 radical (unpaired) electrons. The summed E-state index contributed by atoms with van der Waals surface area (Å²) >= 11 is 6.06. The van der Waals surface area contributed by atoms with E-state index in [0.717, 1.165) is 24.5 Å². The minimum Gasteiger partial charge on any atom is -0.320 e. The van der Waals surface area contributed by atoms with Gasteiger partial charge in [0.15, 0.2) is 9.84 Å². The van der Waals surface area contributed by atoms with E-state index in [2.05, 4.69) is 5.32 Å². The van der Waals surface area contributed by atoms with Gasteiger partial charge in [-0.2, -0.15) is 0 Å². The van der Waals surface area contributed by atoms with Gasteiger partial charge in [0, 0.05) is 17.4 Å². The number of rotatable bonds is 4. The van der Waals surface area contributed by atoms with E-state index < -0.39 is 21.6 Å². The molecular weight excluding hydrogens is 353 g/mol. The van der Waals surface area contributed by atoms with Gasteiger partial charge in [0.05, 0.1) is 10.6 Å². The van der Waals surface area contributed by atoms with Crippen LogP contribution >= 0.6 is 11.6 Å². The Hall–Kier alpha value is -2.18. The highest BCUT2D eigenvalue weighted by atomic mass is 35.5. The fraction of sp³-hybridized carbons (Fsp3) is 0.118. The number of nitrogens with one attached hydrogen (secondary N) is 1. The van der Waals surface area contributed by atoms with Crippen LogP contribution in [0.1, 0.15) is 12.5 Å². The third-order valence-electron chi connectivity index (χ3n) is 3.27. The van der Waals surface area contributed by atoms with Crippen LogP contribution < -0.4 is 5.32 Å². The van der Waals surface area contributed by atoms with Crippen LogP contribution in [0.5, 0.6) is 0 Å². The van der Waals surface area contributed by atoms with Crippen LogP contribution in [0.2, 0.25) is 5.02 Å². The van der Waals surface area contributed by atoms with E-state index >= 15 is 0 Å². The minimum absolute atomic E-state index is 0.0778. The van der Waals surface area contributed by atoms with Gasteiger partial charge in [0.25, 0.3) is 0 Å². The summed E-state index contributed by atoms with van der Waals surface area (Å²) in [5, 5.41) is 2.84. The molecule has 2 rings (SSSR count). The summed E-state index contributed by atoms with van der Waals surface area (Å²) < 4.78 is 36.8. The van der Waals surface area contributed by atoms with Gasteiger partial charge in [-0.25, -0.2) is 12.8 Å². The predicted molar refractivity (Wildman–Crippen MR) is 93.2 cm³/mol. The van der Waals surface area contributed by atoms with Crippen LogP contribution in [0.4, 0.5) is 10.1 Å². The van der Waals surface area contributed by atoms with Crippen LogP contribution in [0.3, 0.4) is 0 Å². The molecule has 0 fully saturated rings. The highest BCUT2D eigenvalue weighted by Crippen LogP contribution is 2.24. The fourth-order valence-corrected chi connectivity index (χ4v) is 2.99. The van der Waals surface area contributed by atoms with Crippen molar-refractivity contribution in [1.82, 2.24) is 0 Å². The molecule has 4 nitrogen and oxygen atoms in total. The van der Waals surface area contributed by atoms with Crippen molar-refractivity contribution in [3.05, 3.63) is 64.9 Å². The van der Waals surface area contributed by atoms with Crippen molar-refractivity contribution in [1.29, 1.82) is 0 Å². The number of hydrogen-bond donors (Lipinski definition) is 1. The lowest BCUT2D eigenvalue weighted by Crippen LogP contribution is -2.11. The molecule has 126 valence electrons. The van der Waals surface area contributed by atoms with Crippen LogP contribution in [0.25, 0.3) is 5.57 Å². The molecule has 1 amide bonds. The third kappa shape index (κ3) is 4.43. The quantitative estimate of drug-likeness (QED) is 0.658. The molecule has 0 saturated heterocycles. The molecule has 0 heterocycles. The SMILES string of the molecule is C/C(=C/C(=O)Nc1cc(S(C)(=O)=O)ccc1F)c1ccccc1Cl. The number of sulfone groups is 1. The van der Waals surface area contributed by atoms with E-state index in [-0.39, 0.29) is 10.6 Å². The van der Waals surface area contributed by atoms with Crippen molar-refractivity contribution in [2.24, 2.45) is 0 Å². The smallest absolute Gasteiger partial charge is 0.248 e. The Bertz CT molecular complexity index is 923. The summed E-state index contributed by atoms with van der Waals surface area (Å²) in [6, 6.07) is 10.2. The van der Waals surface area contributed by atoms with E-state index in [0.29, 0.717) is 16.2 Å². The van der Waals surface area contributed by atoms with Crippen LogP contribution in [0.15, 0.2) is 53.4 Å². The molecule has 0 aliphatic rings. The molecule has 0 unspecified atom stereocenters. The molecule has 1 N–H and O–H groups in total. The van der Waals surface area contributed by atoms with Gasteiger partial charge in [-0.3, -0.25) is 4.79 Å². The van der Waals surface area contributed by atoms with Gasteiger partial charge in [-0.15, -0.1) is 0 Å². The van der Waals surface area contributed by atoms with Crippen molar-refractivity contribution in [3.8, 4) is 0 Å². The number of hydrogen-bond acceptors (Lipinski definition) is 3. The first-order chi connectivity index (χ1) is 11.2. The van der Waals surface area contributed by atoms with Gasteiger partial charge in [-0.05, 0) is 42.3 Å². The van der Waals surface area contributed by atoms with E-state index in [1.807, 2.05) is 0 Å². The molecule has 2 aromatic carbocycles. The second-order valence-electron chi connectivity index (χ2n) is 5.21.